The summed E-state index contributed by atoms with van der Waals surface area (Å²) >= 11 is 5.99. The summed E-state index contributed by atoms with van der Waals surface area (Å²) in [5.74, 6) is -1.25. The fraction of sp³-hybridized carbons (Fsp3) is 0.387. The predicted molar refractivity (Wildman–Crippen MR) is 163 cm³/mol. The monoisotopic (exact) mass is 610 g/mol. The lowest BCUT2D eigenvalue weighted by atomic mass is 9.95. The third-order valence-corrected chi connectivity index (χ3v) is 10.1. The van der Waals surface area contributed by atoms with Gasteiger partial charge in [0.15, 0.2) is 0 Å². The number of hydrogen-bond donors (Lipinski definition) is 0. The largest absolute Gasteiger partial charge is 0.447 e. The molecule has 0 radical (unpaired) electrons. The molecule has 2 aromatic carbocycles. The van der Waals surface area contributed by atoms with Gasteiger partial charge in [-0.05, 0) is 47.7 Å². The molecule has 1 aromatic heterocycles. The average Bonchev–Trinajstić information content (AvgIpc) is 3.36. The van der Waals surface area contributed by atoms with Crippen LogP contribution in [0, 0.1) is 11.8 Å². The second-order valence-corrected chi connectivity index (χ2v) is 13.5. The number of sulfonamides is 1. The molecule has 3 aromatic rings. The minimum Gasteiger partial charge on any atom is -0.447 e. The van der Waals surface area contributed by atoms with Crippen molar-refractivity contribution in [3.63, 3.8) is 0 Å². The highest BCUT2D eigenvalue weighted by atomic mass is 35.5. The third kappa shape index (κ3) is 6.77. The maximum Gasteiger partial charge on any atom is 0.416 e. The van der Waals surface area contributed by atoms with Gasteiger partial charge in [0.1, 0.15) is 12.4 Å². The van der Waals surface area contributed by atoms with Crippen LogP contribution in [-0.4, -0.2) is 79.2 Å². The van der Waals surface area contributed by atoms with Crippen molar-refractivity contribution in [3.05, 3.63) is 83.5 Å². The number of nitrogens with zero attached hydrogens (tertiary/aromatic N) is 4. The number of pyridine rings is 1. The van der Waals surface area contributed by atoms with Crippen LogP contribution in [0.1, 0.15) is 19.4 Å². The SMILES string of the molecule is CC(C)C(CS(=O)(=O)N1CCN(c2ccc(-c3ccc(Cl)cc3)cn2)CC1)C(=O)N1C(=O)OCC1Cc1ccccc1. The van der Waals surface area contributed by atoms with Crippen LogP contribution in [0.3, 0.4) is 0 Å². The van der Waals surface area contributed by atoms with Gasteiger partial charge in [0.05, 0.1) is 17.7 Å². The number of cyclic esters (lactones) is 1. The van der Waals surface area contributed by atoms with Gasteiger partial charge in [-0.2, -0.15) is 4.31 Å². The van der Waals surface area contributed by atoms with Gasteiger partial charge in [0.25, 0.3) is 0 Å². The van der Waals surface area contributed by atoms with Gasteiger partial charge in [-0.1, -0.05) is 67.9 Å². The summed E-state index contributed by atoms with van der Waals surface area (Å²) < 4.78 is 33.7. The standard InChI is InChI=1S/C31H35ClN4O5S/c1-22(2)28(30(37)36-27(20-41-31(36)38)18-23-6-4-3-5-7-23)21-42(39,40)35-16-14-34(15-17-35)29-13-10-25(19-33-29)24-8-11-26(32)12-9-24/h3-13,19,22,27-28H,14-18,20-21H2,1-2H3. The first-order valence-electron chi connectivity index (χ1n) is 14.1. The third-order valence-electron chi connectivity index (χ3n) is 7.91. The van der Waals surface area contributed by atoms with Crippen molar-refractivity contribution in [2.75, 3.05) is 43.4 Å². The van der Waals surface area contributed by atoms with Crippen molar-refractivity contribution in [1.29, 1.82) is 0 Å². The lowest BCUT2D eigenvalue weighted by Crippen LogP contribution is -2.52. The molecule has 42 heavy (non-hydrogen) atoms. The summed E-state index contributed by atoms with van der Waals surface area (Å²) in [6.45, 7) is 5.23. The second-order valence-electron chi connectivity index (χ2n) is 11.1. The quantitative estimate of drug-likeness (QED) is 0.346. The molecule has 0 bridgehead atoms. The zero-order chi connectivity index (χ0) is 29.9. The summed E-state index contributed by atoms with van der Waals surface area (Å²) in [4.78, 5) is 34.0. The van der Waals surface area contributed by atoms with Crippen LogP contribution in [0.2, 0.25) is 5.02 Å². The number of anilines is 1. The Morgan fingerprint density at radius 3 is 2.26 bits per heavy atom. The molecule has 2 amide bonds. The molecule has 2 fully saturated rings. The minimum absolute atomic E-state index is 0.0910. The van der Waals surface area contributed by atoms with E-state index < -0.39 is 34.0 Å². The zero-order valence-electron chi connectivity index (χ0n) is 23.7. The Morgan fingerprint density at radius 2 is 1.64 bits per heavy atom. The molecule has 2 atom stereocenters. The van der Waals surface area contributed by atoms with Crippen molar-refractivity contribution in [2.24, 2.45) is 11.8 Å². The smallest absolute Gasteiger partial charge is 0.416 e. The van der Waals surface area contributed by atoms with Gasteiger partial charge in [-0.3, -0.25) is 4.79 Å². The van der Waals surface area contributed by atoms with Crippen molar-refractivity contribution in [1.82, 2.24) is 14.2 Å². The molecule has 2 unspecified atom stereocenters. The summed E-state index contributed by atoms with van der Waals surface area (Å²) in [6.07, 6.45) is 1.54. The van der Waals surface area contributed by atoms with Crippen LogP contribution in [0.4, 0.5) is 10.6 Å². The number of hydrogen-bond acceptors (Lipinski definition) is 7. The number of imide groups is 1. The van der Waals surface area contributed by atoms with E-state index in [1.54, 1.807) is 6.20 Å². The van der Waals surface area contributed by atoms with Gasteiger partial charge in [-0.25, -0.2) is 23.1 Å². The molecule has 11 heteroatoms. The second kappa shape index (κ2) is 12.8. The Bertz CT molecular complexity index is 1490. The lowest BCUT2D eigenvalue weighted by Gasteiger charge is -2.36. The highest BCUT2D eigenvalue weighted by Gasteiger charge is 2.43. The topological polar surface area (TPSA) is 100 Å². The van der Waals surface area contributed by atoms with Crippen LogP contribution < -0.4 is 4.90 Å². The number of halogens is 1. The fourth-order valence-corrected chi connectivity index (χ4v) is 7.45. The first-order valence-corrected chi connectivity index (χ1v) is 16.1. The number of ether oxygens (including phenoxy) is 1. The van der Waals surface area contributed by atoms with Crippen LogP contribution in [0.15, 0.2) is 72.9 Å². The Kier molecular flexibility index (Phi) is 9.15. The van der Waals surface area contributed by atoms with Gasteiger partial charge in [0.2, 0.25) is 15.9 Å². The fourth-order valence-electron chi connectivity index (χ4n) is 5.41. The molecule has 2 aliphatic rings. The molecule has 0 saturated carbocycles. The maximum absolute atomic E-state index is 13.7. The molecule has 3 heterocycles. The van der Waals surface area contributed by atoms with Crippen molar-refractivity contribution < 1.29 is 22.7 Å². The van der Waals surface area contributed by atoms with Crippen molar-refractivity contribution in [3.8, 4) is 11.1 Å². The van der Waals surface area contributed by atoms with Crippen LogP contribution in [0.5, 0.6) is 0 Å². The summed E-state index contributed by atoms with van der Waals surface area (Å²) in [5.41, 5.74) is 2.95. The molecule has 2 saturated heterocycles. The van der Waals surface area contributed by atoms with E-state index >= 15 is 0 Å². The Hall–Kier alpha value is -3.47. The molecule has 9 nitrogen and oxygen atoms in total. The van der Waals surface area contributed by atoms with E-state index in [-0.39, 0.29) is 31.4 Å². The van der Waals surface area contributed by atoms with Gasteiger partial charge >= 0.3 is 6.09 Å². The van der Waals surface area contributed by atoms with Crippen LogP contribution >= 0.6 is 11.6 Å². The van der Waals surface area contributed by atoms with E-state index in [9.17, 15) is 18.0 Å². The van der Waals surface area contributed by atoms with E-state index in [0.717, 1.165) is 27.4 Å². The number of piperazine rings is 1. The summed E-state index contributed by atoms with van der Waals surface area (Å²) in [5, 5.41) is 0.672. The molecule has 5 rings (SSSR count). The van der Waals surface area contributed by atoms with Crippen LogP contribution in [-0.2, 0) is 26.0 Å². The Labute approximate surface area is 252 Å². The number of amides is 2. The average molecular weight is 611 g/mol. The Balaban J connectivity index is 1.22. The van der Waals surface area contributed by atoms with E-state index in [0.29, 0.717) is 24.5 Å². The molecule has 0 N–H and O–H groups in total. The molecule has 222 valence electrons. The van der Waals surface area contributed by atoms with Crippen molar-refractivity contribution in [2.45, 2.75) is 26.3 Å². The molecule has 2 aliphatic heterocycles. The van der Waals surface area contributed by atoms with E-state index in [2.05, 4.69) is 9.88 Å². The van der Waals surface area contributed by atoms with Crippen LogP contribution in [0.25, 0.3) is 11.1 Å². The molecule has 0 spiro atoms. The summed E-state index contributed by atoms with van der Waals surface area (Å²) in [6, 6.07) is 20.5. The molecule has 0 aliphatic carbocycles. The predicted octanol–water partition coefficient (Wildman–Crippen LogP) is 4.72. The lowest BCUT2D eigenvalue weighted by molar-refractivity contribution is -0.134. The summed E-state index contributed by atoms with van der Waals surface area (Å²) in [7, 11) is -3.77. The van der Waals surface area contributed by atoms with E-state index in [1.165, 1.54) is 4.31 Å². The Morgan fingerprint density at radius 1 is 0.976 bits per heavy atom. The number of carbonyl (C=O) groups excluding carboxylic acids is 2. The number of carbonyl (C=O) groups is 2. The minimum atomic E-state index is -3.77. The van der Waals surface area contributed by atoms with Gasteiger partial charge in [-0.15, -0.1) is 0 Å². The highest BCUT2D eigenvalue weighted by molar-refractivity contribution is 7.89. The normalized spacial score (nSPS) is 18.8. The first-order chi connectivity index (χ1) is 20.1. The van der Waals surface area contributed by atoms with Crippen molar-refractivity contribution >= 4 is 39.4 Å². The number of aromatic nitrogens is 1. The molecular formula is C31H35ClN4O5S. The van der Waals surface area contributed by atoms with E-state index in [1.807, 2.05) is 80.6 Å². The van der Waals surface area contributed by atoms with E-state index in [4.69, 9.17) is 16.3 Å². The van der Waals surface area contributed by atoms with Gasteiger partial charge < -0.3 is 9.64 Å². The molecular weight excluding hydrogens is 576 g/mol. The first kappa shape index (κ1) is 30.0. The number of benzene rings is 2. The zero-order valence-corrected chi connectivity index (χ0v) is 25.3. The number of rotatable bonds is 9. The highest BCUT2D eigenvalue weighted by Crippen LogP contribution is 2.27. The van der Waals surface area contributed by atoms with Gasteiger partial charge in [0, 0.05) is 43.0 Å². The maximum atomic E-state index is 13.7.